The molecule has 0 aliphatic carbocycles. The Bertz CT molecular complexity index is 559. The van der Waals surface area contributed by atoms with Gasteiger partial charge in [-0.15, -0.1) is 0 Å². The first kappa shape index (κ1) is 19.5. The summed E-state index contributed by atoms with van der Waals surface area (Å²) in [5.74, 6) is -0.820. The standard InChI is InChI=1S/C17H24N2O5/c1-5-14(24-13-9-7-6-8-10-13)16(21)23-12(4)15(20)19-17(22)18-11(2)3/h6-12,14H,5H2,1-4H3,(H2,18,19,20,22)/t12-,14-/m1/s1. The lowest BCUT2D eigenvalue weighted by Gasteiger charge is -2.19. The predicted molar refractivity (Wildman–Crippen MR) is 88.5 cm³/mol. The predicted octanol–water partition coefficient (Wildman–Crippen LogP) is 2.01. The maximum absolute atomic E-state index is 12.1. The van der Waals surface area contributed by atoms with E-state index in [0.717, 1.165) is 0 Å². The smallest absolute Gasteiger partial charge is 0.348 e. The molecule has 132 valence electrons. The summed E-state index contributed by atoms with van der Waals surface area (Å²) in [5.41, 5.74) is 0. The molecule has 24 heavy (non-hydrogen) atoms. The van der Waals surface area contributed by atoms with Gasteiger partial charge in [-0.25, -0.2) is 9.59 Å². The van der Waals surface area contributed by atoms with Crippen LogP contribution in [0.5, 0.6) is 5.75 Å². The van der Waals surface area contributed by atoms with Gasteiger partial charge in [-0.2, -0.15) is 0 Å². The van der Waals surface area contributed by atoms with Crippen LogP contribution in [0.3, 0.4) is 0 Å². The third kappa shape index (κ3) is 6.68. The minimum Gasteiger partial charge on any atom is -0.479 e. The minimum absolute atomic E-state index is 0.112. The molecule has 2 N–H and O–H groups in total. The van der Waals surface area contributed by atoms with Crippen LogP contribution in [0.4, 0.5) is 4.79 Å². The molecule has 7 nitrogen and oxygen atoms in total. The van der Waals surface area contributed by atoms with Gasteiger partial charge < -0.3 is 14.8 Å². The average Bonchev–Trinajstić information content (AvgIpc) is 2.52. The van der Waals surface area contributed by atoms with Crippen LogP contribution in [0.15, 0.2) is 30.3 Å². The Morgan fingerprint density at radius 1 is 1.08 bits per heavy atom. The Balaban J connectivity index is 2.54. The first-order chi connectivity index (χ1) is 11.3. The van der Waals surface area contributed by atoms with Crippen molar-refractivity contribution in [3.05, 3.63) is 30.3 Å². The second kappa shape index (κ2) is 9.54. The van der Waals surface area contributed by atoms with Crippen molar-refractivity contribution in [3.63, 3.8) is 0 Å². The molecule has 0 aromatic heterocycles. The van der Waals surface area contributed by atoms with Crippen LogP contribution >= 0.6 is 0 Å². The molecule has 0 fully saturated rings. The van der Waals surface area contributed by atoms with Crippen molar-refractivity contribution in [1.82, 2.24) is 10.6 Å². The van der Waals surface area contributed by atoms with Crippen LogP contribution in [0.1, 0.15) is 34.1 Å². The van der Waals surface area contributed by atoms with E-state index in [0.29, 0.717) is 12.2 Å². The number of urea groups is 1. The third-order valence-corrected chi connectivity index (χ3v) is 2.97. The summed E-state index contributed by atoms with van der Waals surface area (Å²) < 4.78 is 10.6. The van der Waals surface area contributed by atoms with E-state index in [2.05, 4.69) is 10.6 Å². The molecule has 1 aromatic rings. The van der Waals surface area contributed by atoms with Gasteiger partial charge in [-0.05, 0) is 39.3 Å². The highest BCUT2D eigenvalue weighted by Crippen LogP contribution is 2.14. The summed E-state index contributed by atoms with van der Waals surface area (Å²) in [7, 11) is 0. The van der Waals surface area contributed by atoms with Crippen molar-refractivity contribution in [2.24, 2.45) is 0 Å². The number of para-hydroxylation sites is 1. The number of ether oxygens (including phenoxy) is 2. The molecule has 1 rings (SSSR count). The summed E-state index contributed by atoms with van der Waals surface area (Å²) in [6.45, 7) is 6.70. The van der Waals surface area contributed by atoms with Gasteiger partial charge in [0.25, 0.3) is 5.91 Å². The van der Waals surface area contributed by atoms with Crippen molar-refractivity contribution >= 4 is 17.9 Å². The van der Waals surface area contributed by atoms with Gasteiger partial charge in [0.1, 0.15) is 5.75 Å². The van der Waals surface area contributed by atoms with Gasteiger partial charge in [-0.1, -0.05) is 25.1 Å². The van der Waals surface area contributed by atoms with Gasteiger partial charge in [0.15, 0.2) is 12.2 Å². The van der Waals surface area contributed by atoms with Crippen LogP contribution in [0.25, 0.3) is 0 Å². The van der Waals surface area contributed by atoms with Crippen molar-refractivity contribution in [2.45, 2.75) is 52.4 Å². The lowest BCUT2D eigenvalue weighted by atomic mass is 10.2. The number of hydrogen-bond donors (Lipinski definition) is 2. The summed E-state index contributed by atoms with van der Waals surface area (Å²) in [6.07, 6.45) is -1.55. The van der Waals surface area contributed by atoms with E-state index in [1.807, 2.05) is 6.07 Å². The number of hydrogen-bond acceptors (Lipinski definition) is 5. The Morgan fingerprint density at radius 2 is 1.71 bits per heavy atom. The SMILES string of the molecule is CC[C@@H](Oc1ccccc1)C(=O)O[C@H](C)C(=O)NC(=O)NC(C)C. The van der Waals surface area contributed by atoms with Crippen molar-refractivity contribution in [2.75, 3.05) is 0 Å². The zero-order chi connectivity index (χ0) is 18.1. The number of imide groups is 1. The van der Waals surface area contributed by atoms with Gasteiger partial charge in [0.2, 0.25) is 0 Å². The van der Waals surface area contributed by atoms with E-state index in [9.17, 15) is 14.4 Å². The van der Waals surface area contributed by atoms with E-state index in [1.165, 1.54) is 6.92 Å². The van der Waals surface area contributed by atoms with Crippen LogP contribution in [0.2, 0.25) is 0 Å². The summed E-state index contributed by atoms with van der Waals surface area (Å²) in [5, 5.41) is 4.63. The number of carbonyl (C=O) groups excluding carboxylic acids is 3. The van der Waals surface area contributed by atoms with Crippen LogP contribution in [-0.4, -0.2) is 36.2 Å². The number of benzene rings is 1. The topological polar surface area (TPSA) is 93.7 Å². The molecule has 2 atom stereocenters. The first-order valence-electron chi connectivity index (χ1n) is 7.87. The molecule has 0 saturated carbocycles. The highest BCUT2D eigenvalue weighted by atomic mass is 16.6. The van der Waals surface area contributed by atoms with E-state index >= 15 is 0 Å². The molecule has 0 bridgehead atoms. The van der Waals surface area contributed by atoms with Crippen molar-refractivity contribution in [1.29, 1.82) is 0 Å². The van der Waals surface area contributed by atoms with E-state index in [1.54, 1.807) is 45.0 Å². The Kier molecular flexibility index (Phi) is 7.74. The second-order valence-corrected chi connectivity index (χ2v) is 5.52. The molecule has 0 spiro atoms. The number of esters is 1. The fourth-order valence-electron chi connectivity index (χ4n) is 1.78. The van der Waals surface area contributed by atoms with E-state index in [-0.39, 0.29) is 6.04 Å². The monoisotopic (exact) mass is 336 g/mol. The molecule has 0 saturated heterocycles. The van der Waals surface area contributed by atoms with Gasteiger partial charge in [0, 0.05) is 6.04 Å². The maximum atomic E-state index is 12.1. The quantitative estimate of drug-likeness (QED) is 0.743. The lowest BCUT2D eigenvalue weighted by Crippen LogP contribution is -2.47. The molecular weight excluding hydrogens is 312 g/mol. The molecule has 0 unspecified atom stereocenters. The Morgan fingerprint density at radius 3 is 2.25 bits per heavy atom. The summed E-state index contributed by atoms with van der Waals surface area (Å²) in [4.78, 5) is 35.5. The molecular formula is C17H24N2O5. The number of rotatable bonds is 7. The van der Waals surface area contributed by atoms with E-state index < -0.39 is 30.1 Å². The fourth-order valence-corrected chi connectivity index (χ4v) is 1.78. The van der Waals surface area contributed by atoms with Crippen LogP contribution in [-0.2, 0) is 14.3 Å². The normalized spacial score (nSPS) is 12.9. The largest absolute Gasteiger partial charge is 0.479 e. The Hall–Kier alpha value is -2.57. The van der Waals surface area contributed by atoms with Gasteiger partial charge in [0.05, 0.1) is 0 Å². The van der Waals surface area contributed by atoms with Gasteiger partial charge in [-0.3, -0.25) is 10.1 Å². The average molecular weight is 336 g/mol. The highest BCUT2D eigenvalue weighted by Gasteiger charge is 2.26. The summed E-state index contributed by atoms with van der Waals surface area (Å²) >= 11 is 0. The van der Waals surface area contributed by atoms with Crippen LogP contribution < -0.4 is 15.4 Å². The number of carbonyl (C=O) groups is 3. The van der Waals surface area contributed by atoms with E-state index in [4.69, 9.17) is 9.47 Å². The number of amides is 3. The molecule has 0 aliphatic rings. The second-order valence-electron chi connectivity index (χ2n) is 5.52. The first-order valence-corrected chi connectivity index (χ1v) is 7.87. The number of nitrogens with one attached hydrogen (secondary N) is 2. The summed E-state index contributed by atoms with van der Waals surface area (Å²) in [6, 6.07) is 8.11. The third-order valence-electron chi connectivity index (χ3n) is 2.97. The van der Waals surface area contributed by atoms with Crippen molar-refractivity contribution < 1.29 is 23.9 Å². The van der Waals surface area contributed by atoms with Gasteiger partial charge >= 0.3 is 12.0 Å². The zero-order valence-electron chi connectivity index (χ0n) is 14.4. The fraction of sp³-hybridized carbons (Fsp3) is 0.471. The lowest BCUT2D eigenvalue weighted by molar-refractivity contribution is -0.161. The minimum atomic E-state index is -1.11. The zero-order valence-corrected chi connectivity index (χ0v) is 14.4. The molecule has 7 heteroatoms. The molecule has 3 amide bonds. The Labute approximate surface area is 141 Å². The van der Waals surface area contributed by atoms with Crippen molar-refractivity contribution in [3.8, 4) is 5.75 Å². The highest BCUT2D eigenvalue weighted by molar-refractivity contribution is 5.97. The van der Waals surface area contributed by atoms with Crippen LogP contribution in [0, 0.1) is 0 Å². The molecule has 0 radical (unpaired) electrons. The molecule has 1 aromatic carbocycles. The molecule has 0 heterocycles. The maximum Gasteiger partial charge on any atom is 0.348 e. The molecule has 0 aliphatic heterocycles.